The number of methoxy groups -OCH3 is 1. The molecule has 0 radical (unpaired) electrons. The summed E-state index contributed by atoms with van der Waals surface area (Å²) in [4.78, 5) is 13.6. The van der Waals surface area contributed by atoms with Gasteiger partial charge in [-0.2, -0.15) is 0 Å². The van der Waals surface area contributed by atoms with Gasteiger partial charge in [-0.25, -0.2) is 0 Å². The summed E-state index contributed by atoms with van der Waals surface area (Å²) in [7, 11) is 1.56. The zero-order chi connectivity index (χ0) is 20.7. The normalized spacial score (nSPS) is 12.8. The third-order valence-corrected chi connectivity index (χ3v) is 5.47. The van der Waals surface area contributed by atoms with Crippen LogP contribution in [0.5, 0.6) is 11.5 Å². The largest absolute Gasteiger partial charge is 0.496 e. The number of para-hydroxylation sites is 1. The van der Waals surface area contributed by atoms with Crippen LogP contribution < -0.4 is 9.47 Å². The number of furan rings is 1. The van der Waals surface area contributed by atoms with Gasteiger partial charge in [-0.05, 0) is 48.4 Å². The Morgan fingerprint density at radius 2 is 1.73 bits per heavy atom. The minimum absolute atomic E-state index is 0.223. The first-order valence-corrected chi connectivity index (χ1v) is 9.81. The van der Waals surface area contributed by atoms with Crippen LogP contribution in [0.2, 0.25) is 0 Å². The summed E-state index contributed by atoms with van der Waals surface area (Å²) in [5.41, 5.74) is 4.90. The molecule has 148 valence electrons. The smallest absolute Gasteiger partial charge is 0.232 e. The Kier molecular flexibility index (Phi) is 4.40. The summed E-state index contributed by atoms with van der Waals surface area (Å²) in [6.45, 7) is 2.56. The first-order valence-electron chi connectivity index (χ1n) is 9.81. The number of allylic oxidation sites excluding steroid dienone is 1. The molecule has 5 rings (SSSR count). The zero-order valence-electron chi connectivity index (χ0n) is 16.8. The lowest BCUT2D eigenvalue weighted by atomic mass is 9.94. The maximum absolute atomic E-state index is 13.6. The molecule has 1 aromatic heterocycles. The van der Waals surface area contributed by atoms with Crippen molar-refractivity contribution in [1.29, 1.82) is 0 Å². The van der Waals surface area contributed by atoms with Crippen LogP contribution in [0.25, 0.3) is 27.7 Å². The summed E-state index contributed by atoms with van der Waals surface area (Å²) < 4.78 is 17.6. The highest BCUT2D eigenvalue weighted by Crippen LogP contribution is 2.45. The number of hydrogen-bond donors (Lipinski definition) is 0. The highest BCUT2D eigenvalue weighted by atomic mass is 16.5. The molecule has 0 bridgehead atoms. The highest BCUT2D eigenvalue weighted by Gasteiger charge is 2.28. The van der Waals surface area contributed by atoms with Gasteiger partial charge in [0.25, 0.3) is 0 Å². The van der Waals surface area contributed by atoms with Gasteiger partial charge in [0.05, 0.1) is 18.1 Å². The molecule has 30 heavy (non-hydrogen) atoms. The zero-order valence-corrected chi connectivity index (χ0v) is 16.8. The lowest BCUT2D eigenvalue weighted by Gasteiger charge is -2.17. The maximum Gasteiger partial charge on any atom is 0.232 e. The molecule has 1 aliphatic heterocycles. The molecule has 0 spiro atoms. The van der Waals surface area contributed by atoms with Crippen molar-refractivity contribution in [2.24, 2.45) is 0 Å². The van der Waals surface area contributed by atoms with Crippen LogP contribution in [-0.2, 0) is 0 Å². The number of carbonyl (C=O) groups excluding carboxylic acids is 1. The van der Waals surface area contributed by atoms with Gasteiger partial charge in [0.15, 0.2) is 5.76 Å². The van der Waals surface area contributed by atoms with Crippen LogP contribution >= 0.6 is 0 Å². The lowest BCUT2D eigenvalue weighted by molar-refractivity contribution is 0.101. The molecular weight excluding hydrogens is 376 g/mol. The Hall–Kier alpha value is -3.79. The monoisotopic (exact) mass is 396 g/mol. The molecule has 4 aromatic rings. The lowest BCUT2D eigenvalue weighted by Crippen LogP contribution is -2.05. The van der Waals surface area contributed by atoms with Gasteiger partial charge in [0.1, 0.15) is 23.7 Å². The van der Waals surface area contributed by atoms with E-state index in [4.69, 9.17) is 13.9 Å². The summed E-state index contributed by atoms with van der Waals surface area (Å²) in [6, 6.07) is 20.9. The number of hydrogen-bond acceptors (Lipinski definition) is 4. The van der Waals surface area contributed by atoms with Crippen LogP contribution in [0.15, 0.2) is 77.2 Å². The molecule has 4 nitrogen and oxygen atoms in total. The van der Waals surface area contributed by atoms with Crippen molar-refractivity contribution in [2.75, 3.05) is 13.7 Å². The standard InChI is InChI=1S/C26H20O4/c1-16-14-15-29-25-18(16)12-13-21-23(25)22(17-8-4-3-5-9-17)26(30-21)24(27)19-10-6-7-11-20(19)28-2/h3-14H,15H2,1-2H3. The SMILES string of the molecule is COc1ccccc1C(=O)c1oc2ccc3c(c2c1-c1ccccc1)OCC=C3C. The Bertz CT molecular complexity index is 1300. The van der Waals surface area contributed by atoms with E-state index in [1.165, 1.54) is 0 Å². The van der Waals surface area contributed by atoms with E-state index in [0.29, 0.717) is 23.5 Å². The van der Waals surface area contributed by atoms with E-state index < -0.39 is 0 Å². The number of fused-ring (bicyclic) bond motifs is 3. The van der Waals surface area contributed by atoms with Crippen molar-refractivity contribution in [3.05, 3.63) is 89.7 Å². The van der Waals surface area contributed by atoms with Crippen LogP contribution in [0.3, 0.4) is 0 Å². The van der Waals surface area contributed by atoms with E-state index in [0.717, 1.165) is 33.4 Å². The average molecular weight is 396 g/mol. The minimum Gasteiger partial charge on any atom is -0.496 e. The molecule has 0 unspecified atom stereocenters. The van der Waals surface area contributed by atoms with Crippen molar-refractivity contribution in [3.8, 4) is 22.6 Å². The molecule has 1 aliphatic rings. The molecule has 0 amide bonds. The number of carbonyl (C=O) groups is 1. The van der Waals surface area contributed by atoms with Crippen LogP contribution in [0.4, 0.5) is 0 Å². The van der Waals surface area contributed by atoms with E-state index in [-0.39, 0.29) is 11.5 Å². The predicted molar refractivity (Wildman–Crippen MR) is 117 cm³/mol. The summed E-state index contributed by atoms with van der Waals surface area (Å²) in [5.74, 6) is 1.33. The van der Waals surface area contributed by atoms with Gasteiger partial charge in [0.2, 0.25) is 5.78 Å². The quantitative estimate of drug-likeness (QED) is 0.389. The fourth-order valence-corrected chi connectivity index (χ4v) is 3.98. The van der Waals surface area contributed by atoms with Crippen molar-refractivity contribution in [2.45, 2.75) is 6.92 Å². The van der Waals surface area contributed by atoms with Gasteiger partial charge >= 0.3 is 0 Å². The van der Waals surface area contributed by atoms with Gasteiger partial charge in [-0.15, -0.1) is 0 Å². The second-order valence-electron chi connectivity index (χ2n) is 7.22. The van der Waals surface area contributed by atoms with Crippen molar-refractivity contribution >= 4 is 22.3 Å². The number of rotatable bonds is 4. The predicted octanol–water partition coefficient (Wildman–Crippen LogP) is 6.14. The molecule has 0 atom stereocenters. The molecule has 3 aromatic carbocycles. The highest BCUT2D eigenvalue weighted by molar-refractivity contribution is 6.18. The maximum atomic E-state index is 13.6. The van der Waals surface area contributed by atoms with Crippen LogP contribution in [-0.4, -0.2) is 19.5 Å². The van der Waals surface area contributed by atoms with E-state index in [1.54, 1.807) is 19.2 Å². The fraction of sp³-hybridized carbons (Fsp3) is 0.115. The van der Waals surface area contributed by atoms with Gasteiger partial charge in [0, 0.05) is 11.1 Å². The van der Waals surface area contributed by atoms with E-state index in [1.807, 2.05) is 54.6 Å². The van der Waals surface area contributed by atoms with Crippen molar-refractivity contribution < 1.29 is 18.7 Å². The van der Waals surface area contributed by atoms with Gasteiger partial charge in [-0.3, -0.25) is 4.79 Å². The molecule has 0 saturated carbocycles. The molecule has 4 heteroatoms. The first kappa shape index (κ1) is 18.3. The van der Waals surface area contributed by atoms with Crippen LogP contribution in [0.1, 0.15) is 28.6 Å². The van der Waals surface area contributed by atoms with E-state index >= 15 is 0 Å². The third-order valence-electron chi connectivity index (χ3n) is 5.47. The van der Waals surface area contributed by atoms with Gasteiger partial charge in [-0.1, -0.05) is 42.5 Å². The minimum atomic E-state index is -0.223. The topological polar surface area (TPSA) is 48.7 Å². The summed E-state index contributed by atoms with van der Waals surface area (Å²) in [6.07, 6.45) is 2.05. The Morgan fingerprint density at radius 3 is 2.53 bits per heavy atom. The molecule has 0 aliphatic carbocycles. The number of benzene rings is 3. The Balaban J connectivity index is 1.83. The molecule has 2 heterocycles. The molecule has 0 N–H and O–H groups in total. The summed E-state index contributed by atoms with van der Waals surface area (Å²) >= 11 is 0. The second kappa shape index (κ2) is 7.23. The summed E-state index contributed by atoms with van der Waals surface area (Å²) in [5, 5.41) is 0.824. The van der Waals surface area contributed by atoms with E-state index in [2.05, 4.69) is 13.0 Å². The molecule has 0 saturated heterocycles. The number of ether oxygens (including phenoxy) is 2. The third kappa shape index (κ3) is 2.80. The van der Waals surface area contributed by atoms with Crippen molar-refractivity contribution in [1.82, 2.24) is 0 Å². The second-order valence-corrected chi connectivity index (χ2v) is 7.22. The number of ketones is 1. The molecular formula is C26H20O4. The van der Waals surface area contributed by atoms with Crippen LogP contribution in [0, 0.1) is 0 Å². The molecule has 0 fully saturated rings. The Labute approximate surface area is 174 Å². The van der Waals surface area contributed by atoms with Gasteiger partial charge < -0.3 is 13.9 Å². The van der Waals surface area contributed by atoms with Crippen molar-refractivity contribution in [3.63, 3.8) is 0 Å². The fourth-order valence-electron chi connectivity index (χ4n) is 3.98. The Morgan fingerprint density at radius 1 is 0.967 bits per heavy atom. The average Bonchev–Trinajstić information content (AvgIpc) is 3.19. The first-order chi connectivity index (χ1) is 14.7. The van der Waals surface area contributed by atoms with E-state index in [9.17, 15) is 4.79 Å².